The number of fused-ring (bicyclic) bond motifs is 1. The van der Waals surface area contributed by atoms with Gasteiger partial charge in [-0.1, -0.05) is 66.9 Å². The minimum absolute atomic E-state index is 0.0472. The van der Waals surface area contributed by atoms with Gasteiger partial charge in [-0.25, -0.2) is 0 Å². The lowest BCUT2D eigenvalue weighted by atomic mass is 10.0. The largest absolute Gasteiger partial charge is 0.349 e. The smallest absolute Gasteiger partial charge is 0.255 e. The van der Waals surface area contributed by atoms with Crippen LogP contribution in [-0.2, 0) is 4.79 Å². The van der Waals surface area contributed by atoms with Crippen molar-refractivity contribution in [2.45, 2.75) is 45.1 Å². The standard InChI is InChI=1S/C29H36ClN3O2/c1-20-8-7-13-25(30)27(20)29(35)33-18-23-16-32(17-24(23)19-33)15-14-26(21-9-3-2-4-10-21)31-28(34)22-11-5-6-12-22/h2-4,7-10,13,22-24,26H,5-6,11-12,14-19H2,1H3,(H,31,34)/t23-,24+,26-/m0/s1. The number of benzene rings is 2. The fourth-order valence-corrected chi connectivity index (χ4v) is 6.60. The summed E-state index contributed by atoms with van der Waals surface area (Å²) in [6, 6.07) is 16.1. The van der Waals surface area contributed by atoms with Gasteiger partial charge in [0.05, 0.1) is 16.6 Å². The Kier molecular flexibility index (Phi) is 7.45. The van der Waals surface area contributed by atoms with E-state index in [1.807, 2.05) is 30.0 Å². The zero-order valence-corrected chi connectivity index (χ0v) is 21.3. The predicted molar refractivity (Wildman–Crippen MR) is 139 cm³/mol. The number of hydrogen-bond acceptors (Lipinski definition) is 3. The van der Waals surface area contributed by atoms with Crippen molar-refractivity contribution >= 4 is 23.4 Å². The summed E-state index contributed by atoms with van der Waals surface area (Å²) >= 11 is 6.36. The number of carbonyl (C=O) groups excluding carboxylic acids is 2. The molecular weight excluding hydrogens is 458 g/mol. The number of halogens is 1. The molecular formula is C29H36ClN3O2. The van der Waals surface area contributed by atoms with Gasteiger partial charge in [0, 0.05) is 38.6 Å². The maximum atomic E-state index is 13.2. The molecule has 5 nitrogen and oxygen atoms in total. The molecule has 1 aliphatic carbocycles. The molecule has 35 heavy (non-hydrogen) atoms. The van der Waals surface area contributed by atoms with Crippen LogP contribution in [0.25, 0.3) is 0 Å². The summed E-state index contributed by atoms with van der Waals surface area (Å²) < 4.78 is 0. The highest BCUT2D eigenvalue weighted by Crippen LogP contribution is 2.34. The summed E-state index contributed by atoms with van der Waals surface area (Å²) in [7, 11) is 0. The zero-order valence-electron chi connectivity index (χ0n) is 20.6. The molecule has 1 N–H and O–H groups in total. The SMILES string of the molecule is Cc1cccc(Cl)c1C(=O)N1C[C@H]2CN(CC[C@H](NC(=O)C3CCCC3)c3ccccc3)C[C@H]2C1. The Bertz CT molecular complexity index is 1020. The Balaban J connectivity index is 1.17. The van der Waals surface area contributed by atoms with E-state index in [9.17, 15) is 9.59 Å². The van der Waals surface area contributed by atoms with Crippen LogP contribution >= 0.6 is 11.6 Å². The lowest BCUT2D eigenvalue weighted by molar-refractivity contribution is -0.125. The average Bonchev–Trinajstić information content (AvgIpc) is 3.59. The molecule has 2 aliphatic heterocycles. The van der Waals surface area contributed by atoms with Gasteiger partial charge >= 0.3 is 0 Å². The van der Waals surface area contributed by atoms with E-state index in [0.29, 0.717) is 22.4 Å². The van der Waals surface area contributed by atoms with Crippen molar-refractivity contribution in [1.82, 2.24) is 15.1 Å². The van der Waals surface area contributed by atoms with Gasteiger partial charge < -0.3 is 15.1 Å². The van der Waals surface area contributed by atoms with Gasteiger partial charge in [0.25, 0.3) is 5.91 Å². The molecule has 0 bridgehead atoms. The van der Waals surface area contributed by atoms with Gasteiger partial charge in [-0.05, 0) is 55.2 Å². The minimum atomic E-state index is 0.0472. The first kappa shape index (κ1) is 24.3. The maximum absolute atomic E-state index is 13.2. The number of hydrogen-bond donors (Lipinski definition) is 1. The van der Waals surface area contributed by atoms with E-state index >= 15 is 0 Å². The minimum Gasteiger partial charge on any atom is -0.349 e. The van der Waals surface area contributed by atoms with Crippen LogP contribution in [0.4, 0.5) is 0 Å². The molecule has 5 rings (SSSR count). The van der Waals surface area contributed by atoms with Gasteiger partial charge in [0.2, 0.25) is 5.91 Å². The van der Waals surface area contributed by atoms with E-state index in [1.54, 1.807) is 6.07 Å². The van der Waals surface area contributed by atoms with Crippen molar-refractivity contribution in [3.05, 3.63) is 70.2 Å². The third-order valence-electron chi connectivity index (χ3n) is 8.26. The second-order valence-corrected chi connectivity index (χ2v) is 11.1. The van der Waals surface area contributed by atoms with Crippen LogP contribution in [-0.4, -0.2) is 54.3 Å². The number of amides is 2. The van der Waals surface area contributed by atoms with Crippen LogP contribution in [0, 0.1) is 24.7 Å². The Hall–Kier alpha value is -2.37. The summed E-state index contributed by atoms with van der Waals surface area (Å²) in [6.07, 6.45) is 5.28. The number of likely N-dealkylation sites (tertiary alicyclic amines) is 2. The van der Waals surface area contributed by atoms with Crippen LogP contribution in [0.15, 0.2) is 48.5 Å². The first-order valence-corrected chi connectivity index (χ1v) is 13.5. The van der Waals surface area contributed by atoms with Crippen molar-refractivity contribution in [2.75, 3.05) is 32.7 Å². The molecule has 0 spiro atoms. The average molecular weight is 494 g/mol. The molecule has 0 aromatic heterocycles. The molecule has 3 atom stereocenters. The third-order valence-corrected chi connectivity index (χ3v) is 8.58. The van der Waals surface area contributed by atoms with Crippen molar-refractivity contribution < 1.29 is 9.59 Å². The molecule has 3 aliphatic rings. The van der Waals surface area contributed by atoms with Gasteiger partial charge in [0.1, 0.15) is 0 Å². The zero-order chi connectivity index (χ0) is 24.4. The topological polar surface area (TPSA) is 52.7 Å². The van der Waals surface area contributed by atoms with Crippen LogP contribution in [0.5, 0.6) is 0 Å². The summed E-state index contributed by atoms with van der Waals surface area (Å²) in [5.41, 5.74) is 2.77. The van der Waals surface area contributed by atoms with E-state index in [0.717, 1.165) is 57.5 Å². The summed E-state index contributed by atoms with van der Waals surface area (Å²) in [5.74, 6) is 1.47. The number of nitrogens with one attached hydrogen (secondary N) is 1. The molecule has 2 heterocycles. The van der Waals surface area contributed by atoms with Crippen molar-refractivity contribution in [2.24, 2.45) is 17.8 Å². The fourth-order valence-electron chi connectivity index (χ4n) is 6.30. The lowest BCUT2D eigenvalue weighted by Crippen LogP contribution is -2.36. The highest BCUT2D eigenvalue weighted by molar-refractivity contribution is 6.34. The van der Waals surface area contributed by atoms with E-state index < -0.39 is 0 Å². The highest BCUT2D eigenvalue weighted by atomic mass is 35.5. The van der Waals surface area contributed by atoms with E-state index in [4.69, 9.17) is 11.6 Å². The van der Waals surface area contributed by atoms with Crippen molar-refractivity contribution in [3.63, 3.8) is 0 Å². The molecule has 2 amide bonds. The van der Waals surface area contributed by atoms with E-state index in [-0.39, 0.29) is 23.8 Å². The first-order valence-electron chi connectivity index (χ1n) is 13.1. The Morgan fingerprint density at radius 1 is 0.971 bits per heavy atom. The molecule has 6 heteroatoms. The molecule has 186 valence electrons. The Morgan fingerprint density at radius 2 is 1.66 bits per heavy atom. The summed E-state index contributed by atoms with van der Waals surface area (Å²) in [6.45, 7) is 6.51. The van der Waals surface area contributed by atoms with Crippen LogP contribution in [0.1, 0.15) is 59.6 Å². The molecule has 0 radical (unpaired) electrons. The molecule has 3 fully saturated rings. The Morgan fingerprint density at radius 3 is 2.31 bits per heavy atom. The molecule has 2 saturated heterocycles. The molecule has 0 unspecified atom stereocenters. The number of nitrogens with zero attached hydrogens (tertiary/aromatic N) is 2. The first-order chi connectivity index (χ1) is 17.0. The lowest BCUT2D eigenvalue weighted by Gasteiger charge is -2.26. The number of rotatable bonds is 7. The predicted octanol–water partition coefficient (Wildman–Crippen LogP) is 5.09. The third kappa shape index (κ3) is 5.41. The molecule has 2 aromatic rings. The van der Waals surface area contributed by atoms with E-state index in [1.165, 1.54) is 18.4 Å². The molecule has 2 aromatic carbocycles. The van der Waals surface area contributed by atoms with Gasteiger partial charge in [-0.15, -0.1) is 0 Å². The number of carbonyl (C=O) groups is 2. The normalized spacial score (nSPS) is 23.4. The van der Waals surface area contributed by atoms with Crippen LogP contribution in [0.2, 0.25) is 5.02 Å². The van der Waals surface area contributed by atoms with Gasteiger partial charge in [-0.3, -0.25) is 9.59 Å². The maximum Gasteiger partial charge on any atom is 0.255 e. The monoisotopic (exact) mass is 493 g/mol. The second-order valence-electron chi connectivity index (χ2n) is 10.7. The quantitative estimate of drug-likeness (QED) is 0.584. The van der Waals surface area contributed by atoms with Crippen molar-refractivity contribution in [3.8, 4) is 0 Å². The summed E-state index contributed by atoms with van der Waals surface area (Å²) in [5, 5.41) is 3.91. The van der Waals surface area contributed by atoms with Crippen molar-refractivity contribution in [1.29, 1.82) is 0 Å². The summed E-state index contributed by atoms with van der Waals surface area (Å²) in [4.78, 5) is 30.6. The van der Waals surface area contributed by atoms with Crippen LogP contribution < -0.4 is 5.32 Å². The fraction of sp³-hybridized carbons (Fsp3) is 0.517. The number of aryl methyl sites for hydroxylation is 1. The van der Waals surface area contributed by atoms with E-state index in [2.05, 4.69) is 34.5 Å². The Labute approximate surface area is 213 Å². The van der Waals surface area contributed by atoms with Crippen LogP contribution in [0.3, 0.4) is 0 Å². The molecule has 1 saturated carbocycles. The second kappa shape index (κ2) is 10.7. The highest BCUT2D eigenvalue weighted by Gasteiger charge is 2.42. The van der Waals surface area contributed by atoms with Gasteiger partial charge in [0.15, 0.2) is 0 Å². The van der Waals surface area contributed by atoms with Gasteiger partial charge in [-0.2, -0.15) is 0 Å².